The maximum absolute atomic E-state index is 13.2. The Morgan fingerprint density at radius 2 is 1.60 bits per heavy atom. The van der Waals surface area contributed by atoms with Crippen LogP contribution in [0.15, 0.2) is 35.3 Å². The average Bonchev–Trinajstić information content (AvgIpc) is 3.17. The molecule has 2 aromatic carbocycles. The first-order valence-corrected chi connectivity index (χ1v) is 12.2. The molecule has 35 heavy (non-hydrogen) atoms. The van der Waals surface area contributed by atoms with E-state index in [1.165, 1.54) is 11.3 Å². The first-order chi connectivity index (χ1) is 17.0. The highest BCUT2D eigenvalue weighted by atomic mass is 32.1. The largest absolute Gasteiger partial charge is 0.490 e. The molecule has 9 heteroatoms. The molecule has 3 rings (SSSR count). The van der Waals surface area contributed by atoms with Gasteiger partial charge in [0.25, 0.3) is 5.91 Å². The molecule has 0 radical (unpaired) electrons. The van der Waals surface area contributed by atoms with E-state index in [0.717, 1.165) is 10.2 Å². The number of carbonyl (C=O) groups is 2. The van der Waals surface area contributed by atoms with E-state index in [-0.39, 0.29) is 18.7 Å². The van der Waals surface area contributed by atoms with Crippen LogP contribution in [0.2, 0.25) is 0 Å². The Bertz CT molecular complexity index is 1300. The number of terminal acetylenes is 1. The molecule has 0 aliphatic rings. The normalized spacial score (nSPS) is 11.2. The van der Waals surface area contributed by atoms with Crippen molar-refractivity contribution < 1.29 is 28.5 Å². The number of thiazole rings is 1. The van der Waals surface area contributed by atoms with Crippen molar-refractivity contribution in [3.05, 3.63) is 46.3 Å². The summed E-state index contributed by atoms with van der Waals surface area (Å²) in [6.07, 6.45) is 5.58. The second-order valence-corrected chi connectivity index (χ2v) is 8.10. The van der Waals surface area contributed by atoms with E-state index in [2.05, 4.69) is 10.9 Å². The quantitative estimate of drug-likeness (QED) is 0.304. The predicted octanol–water partition coefficient (Wildman–Crippen LogP) is 4.45. The fourth-order valence-corrected chi connectivity index (χ4v) is 4.47. The monoisotopic (exact) mass is 496 g/mol. The second kappa shape index (κ2) is 12.1. The number of amides is 1. The van der Waals surface area contributed by atoms with Gasteiger partial charge >= 0.3 is 5.97 Å². The molecule has 1 aromatic heterocycles. The SMILES string of the molecule is C#CCn1c(=NC(=O)c2cc(OCC)c(OCC)c(OCC)c2)sc2cc(C(=O)OCC)ccc21. The van der Waals surface area contributed by atoms with Gasteiger partial charge in [0.2, 0.25) is 5.75 Å². The summed E-state index contributed by atoms with van der Waals surface area (Å²) in [6.45, 7) is 8.99. The summed E-state index contributed by atoms with van der Waals surface area (Å²) in [7, 11) is 0. The fraction of sp³-hybridized carbons (Fsp3) is 0.346. The molecular weight excluding hydrogens is 468 g/mol. The van der Waals surface area contributed by atoms with Crippen molar-refractivity contribution in [2.24, 2.45) is 4.99 Å². The molecule has 0 saturated heterocycles. The highest BCUT2D eigenvalue weighted by Gasteiger charge is 2.19. The standard InChI is InChI=1S/C26H28N2O6S/c1-6-13-28-19-12-11-17(25(30)34-10-5)16-22(19)35-26(28)27-24(29)18-14-20(31-7-2)23(33-9-4)21(15-18)32-8-3/h1,11-12,14-16H,7-10,13H2,2-5H3. The Morgan fingerprint density at radius 3 is 2.17 bits per heavy atom. The summed E-state index contributed by atoms with van der Waals surface area (Å²) in [5.41, 5.74) is 1.47. The zero-order valence-electron chi connectivity index (χ0n) is 20.3. The molecule has 0 spiro atoms. The zero-order chi connectivity index (χ0) is 25.4. The summed E-state index contributed by atoms with van der Waals surface area (Å²) in [6, 6.07) is 8.35. The van der Waals surface area contributed by atoms with Gasteiger partial charge in [-0.05, 0) is 58.0 Å². The van der Waals surface area contributed by atoms with Crippen LogP contribution >= 0.6 is 11.3 Å². The molecule has 0 aliphatic heterocycles. The zero-order valence-corrected chi connectivity index (χ0v) is 21.1. The van der Waals surface area contributed by atoms with E-state index < -0.39 is 11.9 Å². The highest BCUT2D eigenvalue weighted by Crippen LogP contribution is 2.39. The molecule has 0 fully saturated rings. The van der Waals surface area contributed by atoms with Gasteiger partial charge in [-0.15, -0.1) is 6.42 Å². The number of hydrogen-bond donors (Lipinski definition) is 0. The number of carbonyl (C=O) groups excluding carboxylic acids is 2. The van der Waals surface area contributed by atoms with Gasteiger partial charge in [0, 0.05) is 5.56 Å². The van der Waals surface area contributed by atoms with Gasteiger partial charge in [-0.25, -0.2) is 4.79 Å². The molecule has 1 heterocycles. The van der Waals surface area contributed by atoms with E-state index in [1.807, 2.05) is 20.8 Å². The number of hydrogen-bond acceptors (Lipinski definition) is 7. The number of rotatable bonds is 10. The van der Waals surface area contributed by atoms with Crippen LogP contribution in [0.4, 0.5) is 0 Å². The predicted molar refractivity (Wildman–Crippen MR) is 134 cm³/mol. The summed E-state index contributed by atoms with van der Waals surface area (Å²) in [5.74, 6) is 2.96. The number of esters is 1. The van der Waals surface area contributed by atoms with Gasteiger partial charge in [-0.2, -0.15) is 4.99 Å². The summed E-state index contributed by atoms with van der Waals surface area (Å²) in [5, 5.41) is 0. The first kappa shape index (κ1) is 25.8. The van der Waals surface area contributed by atoms with Gasteiger partial charge < -0.3 is 23.5 Å². The number of fused-ring (bicyclic) bond motifs is 1. The van der Waals surface area contributed by atoms with E-state index in [9.17, 15) is 9.59 Å². The van der Waals surface area contributed by atoms with Crippen LogP contribution < -0.4 is 19.0 Å². The van der Waals surface area contributed by atoms with Crippen molar-refractivity contribution in [1.29, 1.82) is 0 Å². The van der Waals surface area contributed by atoms with E-state index in [4.69, 9.17) is 25.4 Å². The lowest BCUT2D eigenvalue weighted by Crippen LogP contribution is -2.16. The van der Waals surface area contributed by atoms with E-state index >= 15 is 0 Å². The Labute approximate surface area is 208 Å². The van der Waals surface area contributed by atoms with Crippen LogP contribution in [0.1, 0.15) is 48.4 Å². The molecule has 0 saturated carbocycles. The van der Waals surface area contributed by atoms with Crippen molar-refractivity contribution in [2.45, 2.75) is 34.2 Å². The number of nitrogens with zero attached hydrogens (tertiary/aromatic N) is 2. The fourth-order valence-electron chi connectivity index (χ4n) is 3.41. The highest BCUT2D eigenvalue weighted by molar-refractivity contribution is 7.16. The second-order valence-electron chi connectivity index (χ2n) is 7.10. The van der Waals surface area contributed by atoms with E-state index in [1.54, 1.807) is 41.8 Å². The summed E-state index contributed by atoms with van der Waals surface area (Å²) >= 11 is 1.26. The molecule has 1 amide bonds. The van der Waals surface area contributed by atoms with Crippen LogP contribution in [-0.2, 0) is 11.3 Å². The van der Waals surface area contributed by atoms with Crippen LogP contribution in [-0.4, -0.2) is 42.9 Å². The molecule has 8 nitrogen and oxygen atoms in total. The number of ether oxygens (including phenoxy) is 4. The smallest absolute Gasteiger partial charge is 0.338 e. The topological polar surface area (TPSA) is 88.4 Å². The van der Waals surface area contributed by atoms with Gasteiger partial charge in [-0.3, -0.25) is 4.79 Å². The lowest BCUT2D eigenvalue weighted by atomic mass is 10.1. The average molecular weight is 497 g/mol. The van der Waals surface area contributed by atoms with Crippen LogP contribution in [0.25, 0.3) is 10.2 Å². The van der Waals surface area contributed by atoms with Crippen molar-refractivity contribution in [2.75, 3.05) is 26.4 Å². The summed E-state index contributed by atoms with van der Waals surface area (Å²) in [4.78, 5) is 30.1. The lowest BCUT2D eigenvalue weighted by molar-refractivity contribution is 0.0526. The van der Waals surface area contributed by atoms with Crippen molar-refractivity contribution >= 4 is 33.4 Å². The molecule has 3 aromatic rings. The first-order valence-electron chi connectivity index (χ1n) is 11.4. The molecular formula is C26H28N2O6S. The molecule has 0 N–H and O–H groups in total. The minimum atomic E-state index is -0.488. The van der Waals surface area contributed by atoms with Gasteiger partial charge in [-0.1, -0.05) is 17.3 Å². The Morgan fingerprint density at radius 1 is 0.943 bits per heavy atom. The third kappa shape index (κ3) is 5.84. The van der Waals surface area contributed by atoms with Gasteiger partial charge in [0.15, 0.2) is 16.3 Å². The minimum Gasteiger partial charge on any atom is -0.490 e. The molecule has 184 valence electrons. The van der Waals surface area contributed by atoms with E-state index in [0.29, 0.717) is 47.4 Å². The molecule has 0 unspecified atom stereocenters. The molecule has 0 bridgehead atoms. The van der Waals surface area contributed by atoms with Crippen LogP contribution in [0.5, 0.6) is 17.2 Å². The Kier molecular flexibility index (Phi) is 8.92. The lowest BCUT2D eigenvalue weighted by Gasteiger charge is -2.16. The number of aromatic nitrogens is 1. The Balaban J connectivity index is 2.12. The van der Waals surface area contributed by atoms with Crippen LogP contribution in [0.3, 0.4) is 0 Å². The van der Waals surface area contributed by atoms with Crippen molar-refractivity contribution in [1.82, 2.24) is 4.57 Å². The maximum atomic E-state index is 13.2. The van der Waals surface area contributed by atoms with Crippen molar-refractivity contribution in [3.63, 3.8) is 0 Å². The van der Waals surface area contributed by atoms with Gasteiger partial charge in [0.1, 0.15) is 0 Å². The molecule has 0 atom stereocenters. The Hall–Kier alpha value is -3.77. The third-order valence-corrected chi connectivity index (χ3v) is 5.84. The molecule has 0 aliphatic carbocycles. The maximum Gasteiger partial charge on any atom is 0.338 e. The number of benzene rings is 2. The summed E-state index contributed by atoms with van der Waals surface area (Å²) < 4.78 is 24.7. The van der Waals surface area contributed by atoms with Crippen molar-refractivity contribution in [3.8, 4) is 29.6 Å². The third-order valence-electron chi connectivity index (χ3n) is 4.80. The minimum absolute atomic E-state index is 0.211. The van der Waals surface area contributed by atoms with Crippen LogP contribution in [0, 0.1) is 12.3 Å². The van der Waals surface area contributed by atoms with Gasteiger partial charge in [0.05, 0.1) is 48.8 Å².